The molecule has 1 rings (SSSR count). The van der Waals surface area contributed by atoms with Crippen LogP contribution in [-0.4, -0.2) is 0 Å². The molecule has 0 spiro atoms. The van der Waals surface area contributed by atoms with Crippen LogP contribution in [0.25, 0.3) is 0 Å². The lowest BCUT2D eigenvalue weighted by Crippen LogP contribution is -2.13. The average molecular weight is 166 g/mol. The van der Waals surface area contributed by atoms with E-state index in [1.165, 1.54) is 37.7 Å². The minimum absolute atomic E-state index is 0.815. The van der Waals surface area contributed by atoms with Gasteiger partial charge >= 0.3 is 0 Å². The Morgan fingerprint density at radius 2 is 1.75 bits per heavy atom. The molecule has 1 atom stereocenters. The monoisotopic (exact) mass is 166 g/mol. The van der Waals surface area contributed by atoms with Crippen LogP contribution in [-0.2, 0) is 0 Å². The largest absolute Gasteiger partial charge is 0.0828 e. The van der Waals surface area contributed by atoms with E-state index in [-0.39, 0.29) is 0 Å². The van der Waals surface area contributed by atoms with E-state index in [0.717, 1.165) is 11.8 Å². The average Bonchev–Trinajstić information content (AvgIpc) is 2.05. The first-order valence-electron chi connectivity index (χ1n) is 5.35. The van der Waals surface area contributed by atoms with Gasteiger partial charge in [0.2, 0.25) is 0 Å². The van der Waals surface area contributed by atoms with Crippen LogP contribution in [0.2, 0.25) is 0 Å². The molecule has 0 aromatic rings. The Balaban J connectivity index is 2.39. The minimum atomic E-state index is 0.815. The van der Waals surface area contributed by atoms with Crippen molar-refractivity contribution in [2.24, 2.45) is 11.8 Å². The Hall–Kier alpha value is -0.260. The highest BCUT2D eigenvalue weighted by atomic mass is 14.2. The molecule has 0 N–H and O–H groups in total. The second kappa shape index (κ2) is 4.69. The first-order valence-corrected chi connectivity index (χ1v) is 5.35. The van der Waals surface area contributed by atoms with Gasteiger partial charge in [0.25, 0.3) is 0 Å². The van der Waals surface area contributed by atoms with Crippen molar-refractivity contribution in [3.05, 3.63) is 11.6 Å². The molecule has 0 aromatic carbocycles. The molecule has 0 heterocycles. The first kappa shape index (κ1) is 9.83. The number of rotatable bonds is 2. The van der Waals surface area contributed by atoms with Crippen molar-refractivity contribution in [1.29, 1.82) is 0 Å². The first-order chi connectivity index (χ1) is 5.70. The van der Waals surface area contributed by atoms with Crippen LogP contribution in [0.15, 0.2) is 11.6 Å². The predicted octanol–water partition coefficient (Wildman–Crippen LogP) is 4.17. The van der Waals surface area contributed by atoms with Crippen molar-refractivity contribution in [3.63, 3.8) is 0 Å². The number of hydrogen-bond donors (Lipinski definition) is 0. The highest BCUT2D eigenvalue weighted by Gasteiger charge is 2.17. The van der Waals surface area contributed by atoms with Crippen LogP contribution in [0, 0.1) is 11.8 Å². The summed E-state index contributed by atoms with van der Waals surface area (Å²) >= 11 is 0. The minimum Gasteiger partial charge on any atom is -0.0828 e. The van der Waals surface area contributed by atoms with E-state index >= 15 is 0 Å². The Morgan fingerprint density at radius 3 is 2.25 bits per heavy atom. The fourth-order valence-electron chi connectivity index (χ4n) is 2.32. The molecule has 1 aliphatic carbocycles. The molecular weight excluding hydrogens is 144 g/mol. The van der Waals surface area contributed by atoms with Crippen LogP contribution in [0.3, 0.4) is 0 Å². The van der Waals surface area contributed by atoms with Gasteiger partial charge in [0.1, 0.15) is 0 Å². The standard InChI is InChI=1S/C12H22/c1-10(2)9-11(3)12-7-5-4-6-8-12/h9,11-12H,4-8H2,1-3H3. The summed E-state index contributed by atoms with van der Waals surface area (Å²) in [6.07, 6.45) is 9.77. The molecule has 0 saturated heterocycles. The Kier molecular flexibility index (Phi) is 3.84. The number of allylic oxidation sites excluding steroid dienone is 2. The molecule has 1 unspecified atom stereocenters. The summed E-state index contributed by atoms with van der Waals surface area (Å²) in [6, 6.07) is 0. The Morgan fingerprint density at radius 1 is 1.17 bits per heavy atom. The topological polar surface area (TPSA) is 0 Å². The van der Waals surface area contributed by atoms with Crippen molar-refractivity contribution in [2.75, 3.05) is 0 Å². The molecule has 0 radical (unpaired) electrons. The van der Waals surface area contributed by atoms with Gasteiger partial charge in [0.05, 0.1) is 0 Å². The normalized spacial score (nSPS) is 21.9. The summed E-state index contributed by atoms with van der Waals surface area (Å²) in [7, 11) is 0. The highest BCUT2D eigenvalue weighted by Crippen LogP contribution is 2.30. The molecule has 0 aliphatic heterocycles. The van der Waals surface area contributed by atoms with Crippen molar-refractivity contribution in [2.45, 2.75) is 52.9 Å². The third-order valence-electron chi connectivity index (χ3n) is 2.99. The molecule has 1 fully saturated rings. The smallest absolute Gasteiger partial charge is 0.0231 e. The highest BCUT2D eigenvalue weighted by molar-refractivity contribution is 4.98. The molecule has 12 heavy (non-hydrogen) atoms. The van der Waals surface area contributed by atoms with Crippen LogP contribution in [0.4, 0.5) is 0 Å². The number of hydrogen-bond acceptors (Lipinski definition) is 0. The van der Waals surface area contributed by atoms with Gasteiger partial charge < -0.3 is 0 Å². The Bertz CT molecular complexity index is 145. The predicted molar refractivity (Wildman–Crippen MR) is 55.2 cm³/mol. The maximum atomic E-state index is 2.44. The van der Waals surface area contributed by atoms with E-state index in [1.54, 1.807) is 0 Å². The molecule has 0 heteroatoms. The van der Waals surface area contributed by atoms with Crippen molar-refractivity contribution in [3.8, 4) is 0 Å². The fraction of sp³-hybridized carbons (Fsp3) is 0.833. The zero-order chi connectivity index (χ0) is 8.97. The van der Waals surface area contributed by atoms with E-state index in [1.807, 2.05) is 0 Å². The van der Waals surface area contributed by atoms with Gasteiger partial charge in [-0.3, -0.25) is 0 Å². The molecular formula is C12H22. The zero-order valence-electron chi connectivity index (χ0n) is 8.77. The fourth-order valence-corrected chi connectivity index (χ4v) is 2.32. The summed E-state index contributed by atoms with van der Waals surface area (Å²) < 4.78 is 0. The van der Waals surface area contributed by atoms with Gasteiger partial charge in [-0.2, -0.15) is 0 Å². The van der Waals surface area contributed by atoms with Gasteiger partial charge in [-0.15, -0.1) is 0 Å². The molecule has 0 bridgehead atoms. The molecule has 1 aliphatic rings. The summed E-state index contributed by atoms with van der Waals surface area (Å²) in [5, 5.41) is 0. The van der Waals surface area contributed by atoms with Crippen molar-refractivity contribution < 1.29 is 0 Å². The molecule has 0 amide bonds. The van der Waals surface area contributed by atoms with E-state index in [4.69, 9.17) is 0 Å². The Labute approximate surface area is 77.1 Å². The molecule has 0 aromatic heterocycles. The van der Waals surface area contributed by atoms with Gasteiger partial charge in [0, 0.05) is 0 Å². The van der Waals surface area contributed by atoms with E-state index in [2.05, 4.69) is 26.8 Å². The second-order valence-corrected chi connectivity index (χ2v) is 4.50. The molecule has 1 saturated carbocycles. The van der Waals surface area contributed by atoms with Gasteiger partial charge in [-0.05, 0) is 38.5 Å². The van der Waals surface area contributed by atoms with E-state index in [9.17, 15) is 0 Å². The van der Waals surface area contributed by atoms with Gasteiger partial charge in [-0.25, -0.2) is 0 Å². The van der Waals surface area contributed by atoms with Gasteiger partial charge in [0.15, 0.2) is 0 Å². The molecule has 0 nitrogen and oxygen atoms in total. The lowest BCUT2D eigenvalue weighted by molar-refractivity contribution is 0.299. The maximum Gasteiger partial charge on any atom is -0.0231 e. The van der Waals surface area contributed by atoms with Crippen LogP contribution in [0.5, 0.6) is 0 Å². The lowest BCUT2D eigenvalue weighted by Gasteiger charge is -2.25. The summed E-state index contributed by atoms with van der Waals surface area (Å²) in [5.74, 6) is 1.80. The van der Waals surface area contributed by atoms with E-state index < -0.39 is 0 Å². The zero-order valence-corrected chi connectivity index (χ0v) is 8.77. The molecule has 70 valence electrons. The lowest BCUT2D eigenvalue weighted by atomic mass is 9.80. The van der Waals surface area contributed by atoms with Gasteiger partial charge in [-0.1, -0.05) is 37.8 Å². The van der Waals surface area contributed by atoms with Crippen LogP contribution in [0.1, 0.15) is 52.9 Å². The van der Waals surface area contributed by atoms with Crippen LogP contribution >= 0.6 is 0 Å². The quantitative estimate of drug-likeness (QED) is 0.540. The summed E-state index contributed by atoms with van der Waals surface area (Å²) in [4.78, 5) is 0. The SMILES string of the molecule is CC(C)=CC(C)C1CCCCC1. The summed E-state index contributed by atoms with van der Waals surface area (Å²) in [6.45, 7) is 6.79. The van der Waals surface area contributed by atoms with E-state index in [0.29, 0.717) is 0 Å². The van der Waals surface area contributed by atoms with Crippen LogP contribution < -0.4 is 0 Å². The second-order valence-electron chi connectivity index (χ2n) is 4.50. The third kappa shape index (κ3) is 3.00. The maximum absolute atomic E-state index is 2.44. The van der Waals surface area contributed by atoms with Crippen molar-refractivity contribution in [1.82, 2.24) is 0 Å². The van der Waals surface area contributed by atoms with Crippen molar-refractivity contribution >= 4 is 0 Å². The third-order valence-corrected chi connectivity index (χ3v) is 2.99. The summed E-state index contributed by atoms with van der Waals surface area (Å²) in [5.41, 5.74) is 1.48.